The molecule has 2 amide bonds. The summed E-state index contributed by atoms with van der Waals surface area (Å²) in [7, 11) is 0. The molecule has 2 saturated heterocycles. The molecule has 6 nitrogen and oxygen atoms in total. The van der Waals surface area contributed by atoms with E-state index in [2.05, 4.69) is 10.6 Å². The summed E-state index contributed by atoms with van der Waals surface area (Å²) in [5, 5.41) is 6.20. The summed E-state index contributed by atoms with van der Waals surface area (Å²) in [6, 6.07) is 5.25. The van der Waals surface area contributed by atoms with Crippen LogP contribution < -0.4 is 15.4 Å². The molecule has 2 atom stereocenters. The number of benzene rings is 1. The van der Waals surface area contributed by atoms with Crippen LogP contribution in [0, 0.1) is 11.8 Å². The largest absolute Gasteiger partial charge is 0.482 e. The summed E-state index contributed by atoms with van der Waals surface area (Å²) >= 11 is 0. The lowest BCUT2D eigenvalue weighted by molar-refractivity contribution is -0.118. The number of nitrogens with one attached hydrogen (secondary N) is 2. The molecule has 1 aromatic carbocycles. The highest BCUT2D eigenvalue weighted by molar-refractivity contribution is 5.99. The van der Waals surface area contributed by atoms with Crippen molar-refractivity contribution in [3.8, 4) is 5.75 Å². The Morgan fingerprint density at radius 2 is 1.91 bits per heavy atom. The number of likely N-dealkylation sites (tertiary alicyclic amines) is 1. The van der Waals surface area contributed by atoms with Crippen molar-refractivity contribution >= 4 is 17.5 Å². The van der Waals surface area contributed by atoms with E-state index >= 15 is 0 Å². The predicted molar refractivity (Wildman–Crippen MR) is 85.6 cm³/mol. The van der Waals surface area contributed by atoms with Gasteiger partial charge in [-0.15, -0.1) is 0 Å². The van der Waals surface area contributed by atoms with Crippen molar-refractivity contribution in [1.29, 1.82) is 0 Å². The molecule has 3 aliphatic heterocycles. The Labute approximate surface area is 135 Å². The minimum atomic E-state index is -0.163. The molecule has 0 aromatic heterocycles. The van der Waals surface area contributed by atoms with Crippen molar-refractivity contribution in [2.75, 3.05) is 38.1 Å². The molecule has 122 valence electrons. The number of carbonyl (C=O) groups excluding carboxylic acids is 2. The van der Waals surface area contributed by atoms with E-state index in [4.69, 9.17) is 4.74 Å². The fourth-order valence-electron chi connectivity index (χ4n) is 3.81. The highest BCUT2D eigenvalue weighted by Crippen LogP contribution is 2.31. The quantitative estimate of drug-likeness (QED) is 0.814. The number of fused-ring (bicyclic) bond motifs is 2. The normalized spacial score (nSPS) is 26.6. The number of hydrogen-bond donors (Lipinski definition) is 2. The van der Waals surface area contributed by atoms with Gasteiger partial charge in [-0.2, -0.15) is 0 Å². The Hall–Kier alpha value is -2.08. The van der Waals surface area contributed by atoms with Crippen LogP contribution in [0.5, 0.6) is 5.75 Å². The third kappa shape index (κ3) is 2.79. The van der Waals surface area contributed by atoms with Crippen molar-refractivity contribution in [1.82, 2.24) is 10.2 Å². The standard InChI is InChI=1S/C17H21N3O3/c21-16-10-23-15-7-11(1-2-14(15)19-16)17(22)20-5-3-12-8-18-9-13(12)4-6-20/h1-2,7,12-13,18H,3-6,8-10H2,(H,19,21)/t12-,13+. The first-order valence-electron chi connectivity index (χ1n) is 8.27. The zero-order chi connectivity index (χ0) is 15.8. The average Bonchev–Trinajstić information content (AvgIpc) is 2.92. The minimum absolute atomic E-state index is 0.00468. The molecule has 23 heavy (non-hydrogen) atoms. The Balaban J connectivity index is 1.49. The topological polar surface area (TPSA) is 70.7 Å². The van der Waals surface area contributed by atoms with Gasteiger partial charge in [-0.3, -0.25) is 9.59 Å². The van der Waals surface area contributed by atoms with E-state index in [0.717, 1.165) is 39.0 Å². The van der Waals surface area contributed by atoms with Crippen molar-refractivity contribution < 1.29 is 14.3 Å². The summed E-state index contributed by atoms with van der Waals surface area (Å²) in [5.74, 6) is 1.88. The van der Waals surface area contributed by atoms with Gasteiger partial charge in [0, 0.05) is 18.7 Å². The Morgan fingerprint density at radius 1 is 1.17 bits per heavy atom. The zero-order valence-electron chi connectivity index (χ0n) is 13.0. The van der Waals surface area contributed by atoms with Gasteiger partial charge in [0.25, 0.3) is 11.8 Å². The van der Waals surface area contributed by atoms with E-state index in [9.17, 15) is 9.59 Å². The molecule has 2 fully saturated rings. The highest BCUT2D eigenvalue weighted by Gasteiger charge is 2.32. The maximum absolute atomic E-state index is 12.8. The van der Waals surface area contributed by atoms with Gasteiger partial charge < -0.3 is 20.3 Å². The second kappa shape index (κ2) is 5.85. The van der Waals surface area contributed by atoms with E-state index < -0.39 is 0 Å². The minimum Gasteiger partial charge on any atom is -0.482 e. The first-order valence-corrected chi connectivity index (χ1v) is 8.27. The maximum Gasteiger partial charge on any atom is 0.262 e. The molecule has 3 heterocycles. The van der Waals surface area contributed by atoms with E-state index in [1.54, 1.807) is 18.2 Å². The summed E-state index contributed by atoms with van der Waals surface area (Å²) in [6.45, 7) is 3.80. The van der Waals surface area contributed by atoms with Crippen molar-refractivity contribution in [2.24, 2.45) is 11.8 Å². The number of hydrogen-bond acceptors (Lipinski definition) is 4. The SMILES string of the molecule is O=C1COc2cc(C(=O)N3CC[C@@H]4CNC[C@@H]4CC3)ccc2N1. The molecule has 0 aliphatic carbocycles. The number of rotatable bonds is 1. The number of ether oxygens (including phenoxy) is 1. The van der Waals surface area contributed by atoms with Gasteiger partial charge in [0.2, 0.25) is 0 Å². The molecule has 0 radical (unpaired) electrons. The van der Waals surface area contributed by atoms with Crippen LogP contribution in [0.25, 0.3) is 0 Å². The van der Waals surface area contributed by atoms with Gasteiger partial charge >= 0.3 is 0 Å². The van der Waals surface area contributed by atoms with Crippen molar-refractivity contribution in [3.63, 3.8) is 0 Å². The number of anilines is 1. The predicted octanol–water partition coefficient (Wildman–Crippen LogP) is 1.09. The summed E-state index contributed by atoms with van der Waals surface area (Å²) in [6.07, 6.45) is 2.14. The molecule has 0 unspecified atom stereocenters. The number of amides is 2. The van der Waals surface area contributed by atoms with Gasteiger partial charge in [-0.25, -0.2) is 0 Å². The first-order chi connectivity index (χ1) is 11.2. The fourth-order valence-corrected chi connectivity index (χ4v) is 3.81. The fraction of sp³-hybridized carbons (Fsp3) is 0.529. The second-order valence-corrected chi connectivity index (χ2v) is 6.60. The first kappa shape index (κ1) is 14.5. The van der Waals surface area contributed by atoms with Crippen LogP contribution in [0.2, 0.25) is 0 Å². The highest BCUT2D eigenvalue weighted by atomic mass is 16.5. The monoisotopic (exact) mass is 315 g/mol. The van der Waals surface area contributed by atoms with E-state index in [-0.39, 0.29) is 18.4 Å². The van der Waals surface area contributed by atoms with E-state index in [1.165, 1.54) is 0 Å². The van der Waals surface area contributed by atoms with Gasteiger partial charge in [0.15, 0.2) is 6.61 Å². The second-order valence-electron chi connectivity index (χ2n) is 6.60. The molecular weight excluding hydrogens is 294 g/mol. The molecule has 0 spiro atoms. The zero-order valence-corrected chi connectivity index (χ0v) is 13.0. The van der Waals surface area contributed by atoms with Gasteiger partial charge in [0.05, 0.1) is 5.69 Å². The third-order valence-electron chi connectivity index (χ3n) is 5.17. The number of carbonyl (C=O) groups is 2. The Morgan fingerprint density at radius 3 is 2.65 bits per heavy atom. The van der Waals surface area contributed by atoms with Gasteiger partial charge in [0.1, 0.15) is 5.75 Å². The lowest BCUT2D eigenvalue weighted by Gasteiger charge is -2.23. The molecular formula is C17H21N3O3. The van der Waals surface area contributed by atoms with Crippen LogP contribution in [0.4, 0.5) is 5.69 Å². The molecule has 0 bridgehead atoms. The smallest absolute Gasteiger partial charge is 0.262 e. The maximum atomic E-state index is 12.8. The summed E-state index contributed by atoms with van der Waals surface area (Å²) < 4.78 is 5.41. The van der Waals surface area contributed by atoms with Crippen LogP contribution in [-0.4, -0.2) is 49.5 Å². The Kier molecular flexibility index (Phi) is 3.69. The molecule has 1 aromatic rings. The summed E-state index contributed by atoms with van der Waals surface area (Å²) in [4.78, 5) is 26.1. The van der Waals surface area contributed by atoms with Crippen LogP contribution in [0.15, 0.2) is 18.2 Å². The van der Waals surface area contributed by atoms with Crippen LogP contribution in [-0.2, 0) is 4.79 Å². The van der Waals surface area contributed by atoms with Crippen molar-refractivity contribution in [3.05, 3.63) is 23.8 Å². The van der Waals surface area contributed by atoms with Gasteiger partial charge in [-0.05, 0) is 56.0 Å². The lowest BCUT2D eigenvalue weighted by atomic mass is 9.92. The van der Waals surface area contributed by atoms with E-state index in [1.807, 2.05) is 4.90 Å². The van der Waals surface area contributed by atoms with Gasteiger partial charge in [-0.1, -0.05) is 0 Å². The molecule has 2 N–H and O–H groups in total. The molecule has 4 rings (SSSR count). The van der Waals surface area contributed by atoms with Crippen molar-refractivity contribution in [2.45, 2.75) is 12.8 Å². The lowest BCUT2D eigenvalue weighted by Crippen LogP contribution is -2.33. The molecule has 0 saturated carbocycles. The Bertz CT molecular complexity index is 632. The number of nitrogens with zero attached hydrogens (tertiary/aromatic N) is 1. The average molecular weight is 315 g/mol. The third-order valence-corrected chi connectivity index (χ3v) is 5.17. The summed E-state index contributed by atoms with van der Waals surface area (Å²) in [5.41, 5.74) is 1.26. The molecule has 6 heteroatoms. The van der Waals surface area contributed by atoms with E-state index in [0.29, 0.717) is 28.8 Å². The van der Waals surface area contributed by atoms with Crippen LogP contribution in [0.3, 0.4) is 0 Å². The van der Waals surface area contributed by atoms with Crippen LogP contribution >= 0.6 is 0 Å². The molecule has 3 aliphatic rings. The van der Waals surface area contributed by atoms with Crippen LogP contribution in [0.1, 0.15) is 23.2 Å².